The van der Waals surface area contributed by atoms with Gasteiger partial charge in [-0.15, -0.1) is 0 Å². The molecule has 1 aliphatic heterocycles. The number of ether oxygens (including phenoxy) is 1. The van der Waals surface area contributed by atoms with Crippen molar-refractivity contribution in [2.45, 2.75) is 44.4 Å². The van der Waals surface area contributed by atoms with Crippen molar-refractivity contribution in [3.05, 3.63) is 41.7 Å². The quantitative estimate of drug-likeness (QED) is 0.635. The van der Waals surface area contributed by atoms with Crippen molar-refractivity contribution in [3.8, 4) is 23.3 Å². The number of nitriles is 1. The van der Waals surface area contributed by atoms with Gasteiger partial charge in [-0.3, -0.25) is 4.79 Å². The fourth-order valence-corrected chi connectivity index (χ4v) is 3.27. The number of hydrogen-bond donors (Lipinski definition) is 1. The molecule has 2 atom stereocenters. The number of carbonyl (C=O) groups excluding carboxylic acids is 1. The minimum Gasteiger partial charge on any atom is -0.490 e. The first-order valence-corrected chi connectivity index (χ1v) is 9.19. The van der Waals surface area contributed by atoms with Crippen LogP contribution in [-0.4, -0.2) is 40.5 Å². The molecule has 1 aromatic heterocycles. The summed E-state index contributed by atoms with van der Waals surface area (Å²) >= 11 is 0. The zero-order valence-corrected chi connectivity index (χ0v) is 15.4. The summed E-state index contributed by atoms with van der Waals surface area (Å²) in [5, 5.41) is 11.9. The smallest absolute Gasteiger partial charge is 0.307 e. The van der Waals surface area contributed by atoms with E-state index >= 15 is 0 Å². The van der Waals surface area contributed by atoms with E-state index < -0.39 is 5.91 Å². The van der Waals surface area contributed by atoms with E-state index in [0.717, 1.165) is 12.8 Å². The van der Waals surface area contributed by atoms with Crippen molar-refractivity contribution in [1.82, 2.24) is 15.2 Å². The molecule has 2 aliphatic rings. The van der Waals surface area contributed by atoms with Gasteiger partial charge in [-0.05, 0) is 38.3 Å². The predicted molar refractivity (Wildman–Crippen MR) is 99.5 cm³/mol. The van der Waals surface area contributed by atoms with E-state index in [0.29, 0.717) is 35.7 Å². The molecule has 8 nitrogen and oxygen atoms in total. The Kier molecular flexibility index (Phi) is 4.62. The van der Waals surface area contributed by atoms with E-state index in [1.165, 1.54) is 6.20 Å². The minimum atomic E-state index is -0.422. The zero-order valence-electron chi connectivity index (χ0n) is 15.4. The Morgan fingerprint density at radius 1 is 1.50 bits per heavy atom. The van der Waals surface area contributed by atoms with E-state index in [-0.39, 0.29) is 24.1 Å². The van der Waals surface area contributed by atoms with Crippen LogP contribution in [0.1, 0.15) is 36.9 Å². The molecular formula is C20H19N5O3. The first kappa shape index (κ1) is 17.9. The van der Waals surface area contributed by atoms with Gasteiger partial charge in [-0.25, -0.2) is 9.83 Å². The van der Waals surface area contributed by atoms with Crippen LogP contribution < -0.4 is 10.1 Å². The van der Waals surface area contributed by atoms with Crippen LogP contribution in [0.2, 0.25) is 0 Å². The number of benzene rings is 1. The van der Waals surface area contributed by atoms with Gasteiger partial charge in [0.05, 0.1) is 24.4 Å². The van der Waals surface area contributed by atoms with Crippen LogP contribution in [0.4, 0.5) is 5.69 Å². The van der Waals surface area contributed by atoms with Crippen LogP contribution >= 0.6 is 0 Å². The number of oxazole rings is 1. The fraction of sp³-hybridized carbons (Fsp3) is 0.400. The van der Waals surface area contributed by atoms with Gasteiger partial charge in [0.25, 0.3) is 5.89 Å². The van der Waals surface area contributed by atoms with Crippen molar-refractivity contribution in [2.24, 2.45) is 0 Å². The minimum absolute atomic E-state index is 0.0522. The Balaban J connectivity index is 1.52. The third kappa shape index (κ3) is 3.63. The summed E-state index contributed by atoms with van der Waals surface area (Å²) in [6.45, 7) is 9.65. The summed E-state index contributed by atoms with van der Waals surface area (Å²) in [4.78, 5) is 21.7. The molecule has 1 amide bonds. The SMILES string of the molecule is [C-]#[N+]c1ccc(OC2CC2)c(-c2cnc(C(=O)N[C@@H]3C[C@@H](C)N(C#N)C3)o2)c1. The molecule has 2 aromatic rings. The van der Waals surface area contributed by atoms with Crippen molar-refractivity contribution < 1.29 is 13.9 Å². The van der Waals surface area contributed by atoms with E-state index in [9.17, 15) is 4.79 Å². The van der Waals surface area contributed by atoms with Crippen LogP contribution in [0.15, 0.2) is 28.8 Å². The molecule has 28 heavy (non-hydrogen) atoms. The topological polar surface area (TPSA) is 95.8 Å². The van der Waals surface area contributed by atoms with Crippen LogP contribution in [0.3, 0.4) is 0 Å². The molecule has 0 radical (unpaired) electrons. The van der Waals surface area contributed by atoms with Crippen molar-refractivity contribution in [3.63, 3.8) is 0 Å². The number of nitrogens with one attached hydrogen (secondary N) is 1. The Labute approximate surface area is 162 Å². The number of nitrogens with zero attached hydrogens (tertiary/aromatic N) is 4. The number of likely N-dealkylation sites (tertiary alicyclic amines) is 1. The first-order valence-electron chi connectivity index (χ1n) is 9.19. The normalized spacial score (nSPS) is 21.0. The summed E-state index contributed by atoms with van der Waals surface area (Å²) in [5.74, 6) is 0.523. The Bertz CT molecular complexity index is 982. The van der Waals surface area contributed by atoms with Gasteiger partial charge < -0.3 is 19.4 Å². The Hall–Kier alpha value is -3.52. The average Bonchev–Trinajstić information content (AvgIpc) is 3.24. The summed E-state index contributed by atoms with van der Waals surface area (Å²) in [6.07, 6.45) is 6.49. The average molecular weight is 377 g/mol. The molecule has 8 heteroatoms. The lowest BCUT2D eigenvalue weighted by atomic mass is 10.1. The van der Waals surface area contributed by atoms with Gasteiger partial charge in [0, 0.05) is 18.6 Å². The standard InChI is InChI=1S/C20H19N5O3/c1-12-7-14(10-25(12)11-21)24-19(26)20-23-9-18(28-20)16-8-13(22-2)3-6-17(16)27-15-4-5-15/h3,6,8-9,12,14-15H,4-5,7,10H2,1H3,(H,24,26)/t12-,14-/m1/s1. The van der Waals surface area contributed by atoms with Gasteiger partial charge in [-0.1, -0.05) is 6.07 Å². The molecule has 1 aromatic carbocycles. The highest BCUT2D eigenvalue weighted by atomic mass is 16.5. The van der Waals surface area contributed by atoms with Crippen LogP contribution in [0.5, 0.6) is 5.75 Å². The maximum atomic E-state index is 12.5. The fourth-order valence-electron chi connectivity index (χ4n) is 3.27. The highest BCUT2D eigenvalue weighted by Crippen LogP contribution is 2.37. The van der Waals surface area contributed by atoms with E-state index in [2.05, 4.69) is 21.3 Å². The molecule has 1 aliphatic carbocycles. The van der Waals surface area contributed by atoms with Gasteiger partial charge in [0.1, 0.15) is 5.75 Å². The molecule has 1 N–H and O–H groups in total. The zero-order chi connectivity index (χ0) is 19.7. The summed E-state index contributed by atoms with van der Waals surface area (Å²) in [5.41, 5.74) is 1.06. The number of carbonyl (C=O) groups is 1. The second kappa shape index (κ2) is 7.24. The first-order chi connectivity index (χ1) is 13.6. The Morgan fingerprint density at radius 2 is 2.32 bits per heavy atom. The van der Waals surface area contributed by atoms with Gasteiger partial charge >= 0.3 is 5.91 Å². The molecule has 1 saturated carbocycles. The van der Waals surface area contributed by atoms with Gasteiger partial charge in [-0.2, -0.15) is 5.26 Å². The summed E-state index contributed by atoms with van der Waals surface area (Å²) < 4.78 is 11.6. The monoisotopic (exact) mass is 377 g/mol. The lowest BCUT2D eigenvalue weighted by Gasteiger charge is -2.11. The van der Waals surface area contributed by atoms with Gasteiger partial charge in [0.2, 0.25) is 0 Å². The molecule has 2 fully saturated rings. The van der Waals surface area contributed by atoms with Gasteiger partial charge in [0.15, 0.2) is 17.6 Å². The van der Waals surface area contributed by atoms with Crippen molar-refractivity contribution in [2.75, 3.05) is 6.54 Å². The molecule has 1 saturated heterocycles. The number of hydrogen-bond acceptors (Lipinski definition) is 6. The molecule has 2 heterocycles. The van der Waals surface area contributed by atoms with E-state index in [4.69, 9.17) is 21.0 Å². The second-order valence-electron chi connectivity index (χ2n) is 7.15. The molecule has 0 bridgehead atoms. The van der Waals surface area contributed by atoms with Crippen LogP contribution in [-0.2, 0) is 0 Å². The Morgan fingerprint density at radius 3 is 3.00 bits per heavy atom. The molecule has 142 valence electrons. The van der Waals surface area contributed by atoms with E-state index in [1.807, 2.05) is 6.92 Å². The summed E-state index contributed by atoms with van der Waals surface area (Å²) in [7, 11) is 0. The molecule has 0 unspecified atom stereocenters. The van der Waals surface area contributed by atoms with Crippen molar-refractivity contribution >= 4 is 11.6 Å². The number of amides is 1. The van der Waals surface area contributed by atoms with Crippen molar-refractivity contribution in [1.29, 1.82) is 5.26 Å². The van der Waals surface area contributed by atoms with E-state index in [1.54, 1.807) is 23.1 Å². The molecular weight excluding hydrogens is 358 g/mol. The largest absolute Gasteiger partial charge is 0.490 e. The third-order valence-electron chi connectivity index (χ3n) is 4.91. The highest BCUT2D eigenvalue weighted by molar-refractivity contribution is 5.90. The molecule has 4 rings (SSSR count). The maximum absolute atomic E-state index is 12.5. The third-order valence-corrected chi connectivity index (χ3v) is 4.91. The van der Waals surface area contributed by atoms with Crippen LogP contribution in [0, 0.1) is 18.0 Å². The maximum Gasteiger partial charge on any atom is 0.307 e. The predicted octanol–water partition coefficient (Wildman–Crippen LogP) is 3.11. The van der Waals surface area contributed by atoms with Crippen LogP contribution in [0.25, 0.3) is 16.2 Å². The summed E-state index contributed by atoms with van der Waals surface area (Å²) in [6, 6.07) is 5.09. The number of aromatic nitrogens is 1. The number of rotatable bonds is 5. The lowest BCUT2D eigenvalue weighted by Crippen LogP contribution is -2.36. The highest BCUT2D eigenvalue weighted by Gasteiger charge is 2.31. The second-order valence-corrected chi connectivity index (χ2v) is 7.15. The molecule has 0 spiro atoms. The lowest BCUT2D eigenvalue weighted by molar-refractivity contribution is 0.0904.